The van der Waals surface area contributed by atoms with E-state index in [9.17, 15) is 9.00 Å². The molecule has 0 fully saturated rings. The molecule has 0 bridgehead atoms. The van der Waals surface area contributed by atoms with Crippen LogP contribution in [0.3, 0.4) is 0 Å². The van der Waals surface area contributed by atoms with Crippen LogP contribution in [-0.2, 0) is 36.4 Å². The van der Waals surface area contributed by atoms with Gasteiger partial charge in [-0.1, -0.05) is 123 Å². The minimum atomic E-state index is -1.72. The number of carbonyl (C=O) groups is 2. The van der Waals surface area contributed by atoms with Crippen molar-refractivity contribution >= 4 is 28.5 Å². The minimum Gasteiger partial charge on any atom is -0.463 e. The summed E-state index contributed by atoms with van der Waals surface area (Å²) in [5.41, 5.74) is 1.29. The largest absolute Gasteiger partial charge is 0.463 e. The zero-order chi connectivity index (χ0) is 33.1. The highest BCUT2D eigenvalue weighted by atomic mass is 32.2. The van der Waals surface area contributed by atoms with E-state index in [4.69, 9.17) is 4.74 Å². The maximum atomic E-state index is 15.9. The summed E-state index contributed by atoms with van der Waals surface area (Å²) >= 11 is 0. The first kappa shape index (κ1) is 33.0. The average Bonchev–Trinajstić information content (AvgIpc) is 3.31. The van der Waals surface area contributed by atoms with Gasteiger partial charge in [0, 0.05) is 17.1 Å². The van der Waals surface area contributed by atoms with Gasteiger partial charge in [-0.05, 0) is 56.9 Å². The van der Waals surface area contributed by atoms with Gasteiger partial charge in [0.05, 0.1) is 28.0 Å². The Morgan fingerprint density at radius 3 is 1.72 bits per heavy atom. The van der Waals surface area contributed by atoms with Crippen molar-refractivity contribution in [1.29, 1.82) is 0 Å². The number of nitrogens with one attached hydrogen (secondary N) is 1. The summed E-state index contributed by atoms with van der Waals surface area (Å²) < 4.78 is 22.2. The number of anilines is 1. The van der Waals surface area contributed by atoms with E-state index in [0.717, 1.165) is 16.7 Å². The van der Waals surface area contributed by atoms with Gasteiger partial charge in [0.2, 0.25) is 0 Å². The molecule has 4 aromatic rings. The lowest BCUT2D eigenvalue weighted by Crippen LogP contribution is -2.62. The Kier molecular flexibility index (Phi) is 9.47. The molecule has 238 valence electrons. The van der Waals surface area contributed by atoms with Crippen molar-refractivity contribution < 1.29 is 18.5 Å². The molecule has 4 aromatic carbocycles. The van der Waals surface area contributed by atoms with Gasteiger partial charge in [-0.25, -0.2) is 13.7 Å². The lowest BCUT2D eigenvalue weighted by atomic mass is 9.73. The second kappa shape index (κ2) is 13.2. The maximum Gasteiger partial charge on any atom is 0.333 e. The fourth-order valence-corrected chi connectivity index (χ4v) is 7.59. The molecule has 3 atom stereocenters. The van der Waals surface area contributed by atoms with Gasteiger partial charge in [0.1, 0.15) is 11.1 Å². The molecule has 1 amide bonds. The second-order valence-corrected chi connectivity index (χ2v) is 14.4. The topological polar surface area (TPSA) is 75.7 Å². The molecule has 46 heavy (non-hydrogen) atoms. The Hall–Kier alpha value is -4.33. The minimum absolute atomic E-state index is 0.150. The predicted molar refractivity (Wildman–Crippen MR) is 185 cm³/mol. The van der Waals surface area contributed by atoms with Crippen molar-refractivity contribution in [3.8, 4) is 0 Å². The standard InChI is InChI=1S/C39H42N2O4S/c1-7-32(28(3)35(42)45-8-2)38(40-46(44)37(4,5)6)33-26-18-19-27-34(33)41(36(38)43)39(29-20-12-9-13-21-29,30-22-14-10-15-23-30)31-24-16-11-17-25-31/h9-27,32,40H,3,7-8H2,1-2,4-6H3/t32-,38-,46+/m1/s1. The van der Waals surface area contributed by atoms with Gasteiger partial charge in [0.15, 0.2) is 0 Å². The molecular weight excluding hydrogens is 593 g/mol. The van der Waals surface area contributed by atoms with Gasteiger partial charge in [0.25, 0.3) is 5.91 Å². The number of rotatable bonds is 11. The lowest BCUT2D eigenvalue weighted by Gasteiger charge is -2.46. The van der Waals surface area contributed by atoms with Gasteiger partial charge in [-0.2, -0.15) is 0 Å². The van der Waals surface area contributed by atoms with Crippen LogP contribution < -0.4 is 9.62 Å². The number of carbonyl (C=O) groups excluding carboxylic acids is 2. The van der Waals surface area contributed by atoms with Crippen LogP contribution in [0.25, 0.3) is 0 Å². The molecule has 0 aliphatic carbocycles. The van der Waals surface area contributed by atoms with Gasteiger partial charge in [-0.15, -0.1) is 0 Å². The SMILES string of the molecule is C=C(C(=O)OCC)[C@@H](CC)[C@]1(N[S@@](=O)C(C)(C)C)C(=O)N(C(c2ccccc2)(c2ccccc2)c2ccccc2)c2ccccc21. The molecule has 0 spiro atoms. The molecule has 0 aromatic heterocycles. The molecule has 7 heteroatoms. The Balaban J connectivity index is 1.92. The molecule has 1 aliphatic heterocycles. The maximum absolute atomic E-state index is 15.9. The van der Waals surface area contributed by atoms with Gasteiger partial charge >= 0.3 is 5.97 Å². The molecule has 1 N–H and O–H groups in total. The quantitative estimate of drug-likeness (QED) is 0.106. The molecule has 5 rings (SSSR count). The van der Waals surface area contributed by atoms with Crippen molar-refractivity contribution in [2.75, 3.05) is 11.5 Å². The van der Waals surface area contributed by atoms with Crippen molar-refractivity contribution in [3.05, 3.63) is 150 Å². The number of fused-ring (bicyclic) bond motifs is 1. The van der Waals surface area contributed by atoms with E-state index in [1.807, 2.05) is 148 Å². The first-order chi connectivity index (χ1) is 22.0. The molecular formula is C39H42N2O4S. The van der Waals surface area contributed by atoms with Crippen LogP contribution in [0.4, 0.5) is 5.69 Å². The highest BCUT2D eigenvalue weighted by Crippen LogP contribution is 2.55. The van der Waals surface area contributed by atoms with E-state index in [1.165, 1.54) is 0 Å². The number of benzene rings is 4. The summed E-state index contributed by atoms with van der Waals surface area (Å²) in [5, 5.41) is 0. The summed E-state index contributed by atoms with van der Waals surface area (Å²) in [6.45, 7) is 13.6. The van der Waals surface area contributed by atoms with E-state index in [0.29, 0.717) is 17.7 Å². The van der Waals surface area contributed by atoms with Crippen LogP contribution in [0.15, 0.2) is 127 Å². The van der Waals surface area contributed by atoms with E-state index < -0.39 is 38.7 Å². The lowest BCUT2D eigenvalue weighted by molar-refractivity contribution is -0.139. The molecule has 0 unspecified atom stereocenters. The first-order valence-corrected chi connectivity index (χ1v) is 16.9. The Morgan fingerprint density at radius 2 is 1.28 bits per heavy atom. The number of ether oxygens (including phenoxy) is 1. The number of para-hydroxylation sites is 1. The smallest absolute Gasteiger partial charge is 0.333 e. The summed E-state index contributed by atoms with van der Waals surface area (Å²) in [6.07, 6.45) is 0.356. The van der Waals surface area contributed by atoms with Crippen LogP contribution in [0.1, 0.15) is 63.3 Å². The molecule has 0 saturated carbocycles. The number of hydrogen-bond acceptors (Lipinski definition) is 4. The van der Waals surface area contributed by atoms with E-state index in [1.54, 1.807) is 6.92 Å². The summed E-state index contributed by atoms with van der Waals surface area (Å²) in [4.78, 5) is 31.1. The van der Waals surface area contributed by atoms with Crippen LogP contribution in [0.2, 0.25) is 0 Å². The third-order valence-electron chi connectivity index (χ3n) is 8.72. The monoisotopic (exact) mass is 634 g/mol. The summed E-state index contributed by atoms with van der Waals surface area (Å²) in [7, 11) is -1.72. The fraction of sp³-hybridized carbons (Fsp3) is 0.282. The number of amides is 1. The van der Waals surface area contributed by atoms with Crippen LogP contribution in [-0.4, -0.2) is 27.4 Å². The van der Waals surface area contributed by atoms with Gasteiger partial charge < -0.3 is 4.74 Å². The molecule has 1 aliphatic rings. The third-order valence-corrected chi connectivity index (χ3v) is 10.3. The van der Waals surface area contributed by atoms with E-state index in [-0.39, 0.29) is 18.1 Å². The normalized spacial score (nSPS) is 17.7. The van der Waals surface area contributed by atoms with Crippen molar-refractivity contribution in [1.82, 2.24) is 4.72 Å². The van der Waals surface area contributed by atoms with Crippen LogP contribution >= 0.6 is 0 Å². The molecule has 6 nitrogen and oxygen atoms in total. The summed E-state index contributed by atoms with van der Waals surface area (Å²) in [6, 6.07) is 37.5. The zero-order valence-electron chi connectivity index (χ0n) is 27.2. The number of hydrogen-bond donors (Lipinski definition) is 1. The Labute approximate surface area is 275 Å². The molecule has 0 saturated heterocycles. The van der Waals surface area contributed by atoms with Crippen LogP contribution in [0, 0.1) is 5.92 Å². The Morgan fingerprint density at radius 1 is 0.826 bits per heavy atom. The second-order valence-electron chi connectivity index (χ2n) is 12.5. The van der Waals surface area contributed by atoms with Crippen molar-refractivity contribution in [2.24, 2.45) is 5.92 Å². The zero-order valence-corrected chi connectivity index (χ0v) is 28.0. The Bertz CT molecular complexity index is 1640. The van der Waals surface area contributed by atoms with E-state index in [2.05, 4.69) is 11.3 Å². The van der Waals surface area contributed by atoms with Crippen molar-refractivity contribution in [3.63, 3.8) is 0 Å². The predicted octanol–water partition coefficient (Wildman–Crippen LogP) is 7.42. The first-order valence-electron chi connectivity index (χ1n) is 15.7. The highest BCUT2D eigenvalue weighted by molar-refractivity contribution is 7.84. The fourth-order valence-electron chi connectivity index (χ4n) is 6.65. The van der Waals surface area contributed by atoms with Crippen LogP contribution in [0.5, 0.6) is 0 Å². The average molecular weight is 635 g/mol. The summed E-state index contributed by atoms with van der Waals surface area (Å²) in [5.74, 6) is -1.70. The number of nitrogens with zero attached hydrogens (tertiary/aromatic N) is 1. The van der Waals surface area contributed by atoms with Crippen molar-refractivity contribution in [2.45, 2.75) is 56.9 Å². The number of esters is 1. The van der Waals surface area contributed by atoms with Gasteiger partial charge in [-0.3, -0.25) is 9.69 Å². The highest BCUT2D eigenvalue weighted by Gasteiger charge is 2.62. The molecule has 1 heterocycles. The third kappa shape index (κ3) is 5.41. The van der Waals surface area contributed by atoms with E-state index >= 15 is 4.79 Å². The molecule has 0 radical (unpaired) electrons.